The van der Waals surface area contributed by atoms with Crippen molar-refractivity contribution in [3.63, 3.8) is 0 Å². The van der Waals surface area contributed by atoms with Gasteiger partial charge in [-0.3, -0.25) is 9.80 Å². The highest BCUT2D eigenvalue weighted by Crippen LogP contribution is 2.42. The average molecular weight is 446 g/mol. The normalized spacial score (nSPS) is 36.3. The lowest BCUT2D eigenvalue weighted by Crippen LogP contribution is -2.56. The zero-order valence-electron chi connectivity index (χ0n) is 18.5. The van der Waals surface area contributed by atoms with Gasteiger partial charge in [-0.25, -0.2) is 4.99 Å². The van der Waals surface area contributed by atoms with Gasteiger partial charge < -0.3 is 25.4 Å². The smallest absolute Gasteiger partial charge is 0.306 e. The minimum Gasteiger partial charge on any atom is -0.463 e. The Labute approximate surface area is 187 Å². The number of aliphatic hydroxyl groups is 2. The van der Waals surface area contributed by atoms with Gasteiger partial charge >= 0.3 is 5.97 Å². The Morgan fingerprint density at radius 1 is 1.41 bits per heavy atom. The minimum atomic E-state index is -1.77. The molecule has 2 fully saturated rings. The van der Waals surface area contributed by atoms with Crippen LogP contribution >= 0.6 is 0 Å². The monoisotopic (exact) mass is 445 g/mol. The molecule has 10 heteroatoms. The van der Waals surface area contributed by atoms with E-state index in [4.69, 9.17) is 15.2 Å². The molecule has 0 bridgehead atoms. The van der Waals surface area contributed by atoms with E-state index in [1.54, 1.807) is 6.08 Å². The van der Waals surface area contributed by atoms with E-state index in [0.29, 0.717) is 29.9 Å². The van der Waals surface area contributed by atoms with Crippen molar-refractivity contribution in [3.8, 4) is 6.07 Å². The highest BCUT2D eigenvalue weighted by molar-refractivity contribution is 6.02. The third-order valence-electron chi connectivity index (χ3n) is 7.19. The molecule has 4 N–H and O–H groups in total. The molecule has 0 spiro atoms. The fourth-order valence-electron chi connectivity index (χ4n) is 5.07. The summed E-state index contributed by atoms with van der Waals surface area (Å²) in [5, 5.41) is 37.0. The quantitative estimate of drug-likeness (QED) is 0.525. The molecule has 1 aliphatic carbocycles. The van der Waals surface area contributed by atoms with E-state index in [1.807, 2.05) is 6.07 Å². The van der Waals surface area contributed by atoms with Gasteiger partial charge in [0.15, 0.2) is 5.84 Å². The van der Waals surface area contributed by atoms with Gasteiger partial charge in [-0.1, -0.05) is 19.9 Å². The van der Waals surface area contributed by atoms with Crippen LogP contribution < -0.4 is 5.73 Å². The first-order valence-corrected chi connectivity index (χ1v) is 11.1. The second-order valence-electron chi connectivity index (χ2n) is 9.92. The molecule has 174 valence electrons. The number of hydrogen-bond donors (Lipinski definition) is 3. The molecular formula is C22H31N5O5. The lowest BCUT2D eigenvalue weighted by molar-refractivity contribution is -0.153. The van der Waals surface area contributed by atoms with Gasteiger partial charge in [0.2, 0.25) is 5.60 Å². The van der Waals surface area contributed by atoms with Crippen LogP contribution in [0.25, 0.3) is 0 Å². The van der Waals surface area contributed by atoms with Crippen LogP contribution in [0, 0.1) is 22.7 Å². The van der Waals surface area contributed by atoms with Crippen LogP contribution in [-0.4, -0.2) is 69.9 Å². The fourth-order valence-corrected chi connectivity index (χ4v) is 5.07. The molecule has 5 atom stereocenters. The van der Waals surface area contributed by atoms with Gasteiger partial charge in [0.1, 0.15) is 43.4 Å². The number of rotatable bonds is 5. The van der Waals surface area contributed by atoms with Crippen LogP contribution in [0.4, 0.5) is 0 Å². The van der Waals surface area contributed by atoms with Crippen LogP contribution in [0.3, 0.4) is 0 Å². The summed E-state index contributed by atoms with van der Waals surface area (Å²) in [6, 6.07) is 1.33. The molecule has 0 amide bonds. The van der Waals surface area contributed by atoms with E-state index in [2.05, 4.69) is 23.9 Å². The molecular weight excluding hydrogens is 414 g/mol. The highest BCUT2D eigenvalue weighted by Gasteiger charge is 2.62. The van der Waals surface area contributed by atoms with Crippen molar-refractivity contribution in [2.24, 2.45) is 27.2 Å². The predicted molar refractivity (Wildman–Crippen MR) is 115 cm³/mol. The summed E-state index contributed by atoms with van der Waals surface area (Å²) >= 11 is 0. The number of aliphatic hydroxyl groups excluding tert-OH is 2. The SMILES string of the molecule is CC1(C)CCC(CC(=O)OC[C@H]2O[C@@](C#N)(C3CC=C4C(N)=NC=NN43)[C@H](O)[C@@H]2O)CC1. The van der Waals surface area contributed by atoms with Crippen molar-refractivity contribution in [3.05, 3.63) is 11.8 Å². The van der Waals surface area contributed by atoms with Crippen LogP contribution in [-0.2, 0) is 14.3 Å². The summed E-state index contributed by atoms with van der Waals surface area (Å²) in [4.78, 5) is 16.3. The van der Waals surface area contributed by atoms with Gasteiger partial charge in [0.25, 0.3) is 0 Å². The molecule has 1 unspecified atom stereocenters. The van der Waals surface area contributed by atoms with Crippen molar-refractivity contribution in [2.45, 2.75) is 82.3 Å². The third-order valence-corrected chi connectivity index (χ3v) is 7.19. The van der Waals surface area contributed by atoms with Gasteiger partial charge in [0, 0.05) is 6.42 Å². The van der Waals surface area contributed by atoms with Crippen molar-refractivity contribution in [1.82, 2.24) is 5.01 Å². The maximum absolute atomic E-state index is 12.4. The summed E-state index contributed by atoms with van der Waals surface area (Å²) in [5.74, 6) is 0.185. The van der Waals surface area contributed by atoms with Crippen LogP contribution in [0.5, 0.6) is 0 Å². The summed E-state index contributed by atoms with van der Waals surface area (Å²) in [6.45, 7) is 4.25. The molecule has 0 radical (unpaired) electrons. The third kappa shape index (κ3) is 4.00. The number of ether oxygens (including phenoxy) is 2. The maximum atomic E-state index is 12.4. The predicted octanol–water partition coefficient (Wildman–Crippen LogP) is 0.791. The highest BCUT2D eigenvalue weighted by atomic mass is 16.6. The van der Waals surface area contributed by atoms with Crippen molar-refractivity contribution in [1.29, 1.82) is 5.26 Å². The van der Waals surface area contributed by atoms with E-state index in [-0.39, 0.29) is 18.4 Å². The van der Waals surface area contributed by atoms with Gasteiger partial charge in [0.05, 0.1) is 5.70 Å². The molecule has 1 saturated heterocycles. The molecule has 3 aliphatic heterocycles. The first-order valence-electron chi connectivity index (χ1n) is 11.1. The Kier molecular flexibility index (Phi) is 6.00. The number of carbonyl (C=O) groups excluding carboxylic acids is 1. The van der Waals surface area contributed by atoms with Crippen LogP contribution in [0.15, 0.2) is 21.9 Å². The second-order valence-corrected chi connectivity index (χ2v) is 9.92. The standard InChI is InChI=1S/C22H31N5O5/c1-21(2)7-5-13(6-8-21)9-17(28)31-10-15-18(29)19(30)22(11-23,32-15)16-4-3-14-20(24)25-12-26-27(14)16/h3,12-13,15-16,18-19,29-30H,4-10H2,1-2H3,(H2,24,25,26)/t15-,16?,18-,19-,22+/m1/s1. The Morgan fingerprint density at radius 3 is 2.81 bits per heavy atom. The van der Waals surface area contributed by atoms with Crippen molar-refractivity contribution >= 4 is 18.1 Å². The number of aliphatic imine (C=N–C) groups is 1. The molecule has 0 aromatic carbocycles. The molecule has 1 saturated carbocycles. The Bertz CT molecular complexity index is 884. The Hall–Kier alpha value is -2.48. The lowest BCUT2D eigenvalue weighted by atomic mass is 9.72. The summed E-state index contributed by atoms with van der Waals surface area (Å²) in [5.41, 5.74) is 4.97. The molecule has 0 aromatic rings. The zero-order chi connectivity index (χ0) is 23.1. The average Bonchev–Trinajstić information content (AvgIpc) is 3.30. The number of hydrogen-bond acceptors (Lipinski definition) is 10. The fraction of sp³-hybridized carbons (Fsp3) is 0.727. The van der Waals surface area contributed by atoms with Crippen LogP contribution in [0.2, 0.25) is 0 Å². The number of nitrogens with two attached hydrogens (primary N) is 1. The van der Waals surface area contributed by atoms with Gasteiger partial charge in [-0.15, -0.1) is 0 Å². The van der Waals surface area contributed by atoms with Crippen LogP contribution in [0.1, 0.15) is 52.4 Å². The maximum Gasteiger partial charge on any atom is 0.306 e. The van der Waals surface area contributed by atoms with E-state index in [9.17, 15) is 20.3 Å². The zero-order valence-corrected chi connectivity index (χ0v) is 18.5. The largest absolute Gasteiger partial charge is 0.463 e. The Morgan fingerprint density at radius 2 is 2.12 bits per heavy atom. The van der Waals surface area contributed by atoms with Gasteiger partial charge in [-0.05, 0) is 43.4 Å². The van der Waals surface area contributed by atoms with E-state index < -0.39 is 30.0 Å². The molecule has 4 aliphatic rings. The number of nitrogens with zero attached hydrogens (tertiary/aromatic N) is 4. The first kappa shape index (κ1) is 22.7. The molecule has 0 aromatic heterocycles. The molecule has 10 nitrogen and oxygen atoms in total. The molecule has 3 heterocycles. The summed E-state index contributed by atoms with van der Waals surface area (Å²) < 4.78 is 11.3. The van der Waals surface area contributed by atoms with E-state index in [0.717, 1.165) is 25.7 Å². The number of nitriles is 1. The summed E-state index contributed by atoms with van der Waals surface area (Å²) in [6.07, 6.45) is 3.89. The number of carbonyl (C=O) groups is 1. The number of fused-ring (bicyclic) bond motifs is 1. The lowest BCUT2D eigenvalue weighted by Gasteiger charge is -2.36. The Balaban J connectivity index is 1.37. The molecule has 4 rings (SSSR count). The van der Waals surface area contributed by atoms with Crippen molar-refractivity contribution < 1.29 is 24.5 Å². The first-order chi connectivity index (χ1) is 15.2. The van der Waals surface area contributed by atoms with E-state index >= 15 is 0 Å². The minimum absolute atomic E-state index is 0.238. The topological polar surface area (TPSA) is 154 Å². The summed E-state index contributed by atoms with van der Waals surface area (Å²) in [7, 11) is 0. The number of esters is 1. The number of amidine groups is 1. The van der Waals surface area contributed by atoms with Gasteiger partial charge in [-0.2, -0.15) is 10.4 Å². The van der Waals surface area contributed by atoms with Crippen molar-refractivity contribution in [2.75, 3.05) is 6.61 Å². The molecule has 32 heavy (non-hydrogen) atoms. The second kappa shape index (κ2) is 8.46. The van der Waals surface area contributed by atoms with E-state index in [1.165, 1.54) is 11.3 Å². The number of hydrazone groups is 1.